The Morgan fingerprint density at radius 1 is 0.914 bits per heavy atom. The number of benzene rings is 3. The number of aryl methyl sites for hydroxylation is 1. The third kappa shape index (κ3) is 5.99. The van der Waals surface area contributed by atoms with Gasteiger partial charge in [-0.3, -0.25) is 4.68 Å². The second-order valence-corrected chi connectivity index (χ2v) is 8.30. The highest BCUT2D eigenvalue weighted by Crippen LogP contribution is 2.34. The molecule has 180 valence electrons. The van der Waals surface area contributed by atoms with Crippen LogP contribution in [0.15, 0.2) is 78.9 Å². The second kappa shape index (κ2) is 10.2. The highest BCUT2D eigenvalue weighted by Gasteiger charge is 2.33. The van der Waals surface area contributed by atoms with Gasteiger partial charge >= 0.3 is 6.18 Å². The van der Waals surface area contributed by atoms with Crippen molar-refractivity contribution in [3.8, 4) is 11.5 Å². The number of rotatable bonds is 6. The molecule has 0 saturated heterocycles. The van der Waals surface area contributed by atoms with E-state index in [1.807, 2.05) is 73.1 Å². The van der Waals surface area contributed by atoms with Crippen LogP contribution in [0, 0.1) is 13.8 Å². The van der Waals surface area contributed by atoms with Gasteiger partial charge in [0.2, 0.25) is 0 Å². The minimum atomic E-state index is -4.49. The molecule has 0 amide bonds. The first-order chi connectivity index (χ1) is 16.7. The van der Waals surface area contributed by atoms with Gasteiger partial charge in [0.05, 0.1) is 34.9 Å². The van der Waals surface area contributed by atoms with Crippen LogP contribution in [0.25, 0.3) is 0 Å². The first-order valence-electron chi connectivity index (χ1n) is 10.8. The summed E-state index contributed by atoms with van der Waals surface area (Å²) in [6, 6.07) is 22.4. The number of alkyl halides is 3. The molecule has 1 heterocycles. The molecule has 0 atom stereocenters. The van der Waals surface area contributed by atoms with Crippen LogP contribution in [0.4, 0.5) is 24.5 Å². The molecule has 0 aliphatic carbocycles. The van der Waals surface area contributed by atoms with Crippen molar-refractivity contribution in [3.63, 3.8) is 0 Å². The van der Waals surface area contributed by atoms with Gasteiger partial charge in [-0.25, -0.2) is 0 Å². The molecule has 1 aromatic heterocycles. The molecule has 0 bridgehead atoms. The smallest absolute Gasteiger partial charge is 0.418 e. The number of ether oxygens (including phenoxy) is 1. The molecule has 9 heteroatoms. The SMILES string of the molecule is Cc1nn(Cc2cccc(Oc3ccccc3)c2)c(C)c1NC(=S)Nc1ccccc1C(F)(F)F. The molecule has 0 saturated carbocycles. The Kier molecular flexibility index (Phi) is 7.07. The summed E-state index contributed by atoms with van der Waals surface area (Å²) in [6.07, 6.45) is -4.49. The maximum absolute atomic E-state index is 13.3. The van der Waals surface area contributed by atoms with Crippen molar-refractivity contribution in [2.24, 2.45) is 0 Å². The fourth-order valence-corrected chi connectivity index (χ4v) is 3.86. The minimum Gasteiger partial charge on any atom is -0.457 e. The summed E-state index contributed by atoms with van der Waals surface area (Å²) in [5, 5.41) is 10.3. The highest BCUT2D eigenvalue weighted by atomic mass is 32.1. The van der Waals surface area contributed by atoms with Crippen LogP contribution in [0.1, 0.15) is 22.5 Å². The molecule has 0 fully saturated rings. The molecule has 4 rings (SSSR count). The first-order valence-corrected chi connectivity index (χ1v) is 11.2. The van der Waals surface area contributed by atoms with Gasteiger partial charge in [-0.2, -0.15) is 18.3 Å². The number of nitrogens with zero attached hydrogens (tertiary/aromatic N) is 2. The molecule has 4 aromatic rings. The first kappa shape index (κ1) is 24.3. The maximum Gasteiger partial charge on any atom is 0.418 e. The van der Waals surface area contributed by atoms with E-state index in [0.717, 1.165) is 23.1 Å². The molecule has 0 aliphatic rings. The van der Waals surface area contributed by atoms with Gasteiger partial charge in [-0.15, -0.1) is 0 Å². The molecule has 35 heavy (non-hydrogen) atoms. The van der Waals surface area contributed by atoms with Crippen LogP contribution in [0.5, 0.6) is 11.5 Å². The second-order valence-electron chi connectivity index (χ2n) is 7.89. The van der Waals surface area contributed by atoms with Gasteiger partial charge < -0.3 is 15.4 Å². The number of hydrogen-bond donors (Lipinski definition) is 2. The molecule has 0 spiro atoms. The number of para-hydroxylation sites is 2. The Hall–Kier alpha value is -3.85. The summed E-state index contributed by atoms with van der Waals surface area (Å²) in [5.41, 5.74) is 2.19. The van der Waals surface area contributed by atoms with Crippen molar-refractivity contribution >= 4 is 28.7 Å². The zero-order valence-electron chi connectivity index (χ0n) is 19.1. The molecule has 0 radical (unpaired) electrons. The van der Waals surface area contributed by atoms with E-state index in [1.54, 1.807) is 0 Å². The van der Waals surface area contributed by atoms with E-state index < -0.39 is 11.7 Å². The van der Waals surface area contributed by atoms with Crippen LogP contribution < -0.4 is 15.4 Å². The van der Waals surface area contributed by atoms with E-state index in [0.29, 0.717) is 23.7 Å². The average Bonchev–Trinajstić information content (AvgIpc) is 3.07. The standard InChI is InChI=1S/C26H23F3N4OS/c1-17-24(31-25(35)30-23-14-7-6-13-22(23)26(27,28)29)18(2)33(32-17)16-19-9-8-12-21(15-19)34-20-10-4-3-5-11-20/h3-15H,16H2,1-2H3,(H2,30,31,35). The quantitative estimate of drug-likeness (QED) is 0.277. The summed E-state index contributed by atoms with van der Waals surface area (Å²) >= 11 is 5.29. The molecule has 0 unspecified atom stereocenters. The Labute approximate surface area is 206 Å². The van der Waals surface area contributed by atoms with Crippen LogP contribution in [0.2, 0.25) is 0 Å². The summed E-state index contributed by atoms with van der Waals surface area (Å²) in [7, 11) is 0. The predicted octanol–water partition coefficient (Wildman–Crippen LogP) is 7.17. The molecular weight excluding hydrogens is 473 g/mol. The van der Waals surface area contributed by atoms with E-state index in [9.17, 15) is 13.2 Å². The summed E-state index contributed by atoms with van der Waals surface area (Å²) in [6.45, 7) is 4.17. The zero-order valence-corrected chi connectivity index (χ0v) is 19.9. The maximum atomic E-state index is 13.3. The molecule has 3 aromatic carbocycles. The number of aromatic nitrogens is 2. The monoisotopic (exact) mass is 496 g/mol. The van der Waals surface area contributed by atoms with Gasteiger partial charge in [0.15, 0.2) is 5.11 Å². The van der Waals surface area contributed by atoms with Crippen molar-refractivity contribution in [2.45, 2.75) is 26.6 Å². The average molecular weight is 497 g/mol. The largest absolute Gasteiger partial charge is 0.457 e. The van der Waals surface area contributed by atoms with Crippen LogP contribution >= 0.6 is 12.2 Å². The van der Waals surface area contributed by atoms with Crippen LogP contribution in [-0.4, -0.2) is 14.9 Å². The lowest BCUT2D eigenvalue weighted by Gasteiger charge is -2.16. The number of anilines is 2. The lowest BCUT2D eigenvalue weighted by Crippen LogP contribution is -2.22. The van der Waals surface area contributed by atoms with Crippen molar-refractivity contribution < 1.29 is 17.9 Å². The van der Waals surface area contributed by atoms with E-state index in [4.69, 9.17) is 17.0 Å². The summed E-state index contributed by atoms with van der Waals surface area (Å²) in [4.78, 5) is 0. The lowest BCUT2D eigenvalue weighted by molar-refractivity contribution is -0.136. The number of nitrogens with one attached hydrogen (secondary N) is 2. The number of halogens is 3. The van der Waals surface area contributed by atoms with Gasteiger partial charge in [0.25, 0.3) is 0 Å². The minimum absolute atomic E-state index is 0.0470. The van der Waals surface area contributed by atoms with E-state index in [-0.39, 0.29) is 10.8 Å². The normalized spacial score (nSPS) is 11.2. The fraction of sp³-hybridized carbons (Fsp3) is 0.154. The van der Waals surface area contributed by atoms with Gasteiger partial charge in [0, 0.05) is 0 Å². The van der Waals surface area contributed by atoms with Crippen molar-refractivity contribution in [3.05, 3.63) is 101 Å². The molecule has 5 nitrogen and oxygen atoms in total. The Bertz CT molecular complexity index is 1340. The van der Waals surface area contributed by atoms with E-state index in [2.05, 4.69) is 15.7 Å². The van der Waals surface area contributed by atoms with Crippen molar-refractivity contribution in [2.75, 3.05) is 10.6 Å². The number of thiocarbonyl (C=S) groups is 1. The molecular formula is C26H23F3N4OS. The fourth-order valence-electron chi connectivity index (χ4n) is 3.64. The predicted molar refractivity (Wildman–Crippen MR) is 135 cm³/mol. The van der Waals surface area contributed by atoms with Crippen LogP contribution in [0.3, 0.4) is 0 Å². The third-order valence-corrected chi connectivity index (χ3v) is 5.51. The lowest BCUT2D eigenvalue weighted by atomic mass is 10.1. The van der Waals surface area contributed by atoms with Gasteiger partial charge in [-0.1, -0.05) is 42.5 Å². The van der Waals surface area contributed by atoms with Gasteiger partial charge in [0.1, 0.15) is 11.5 Å². The van der Waals surface area contributed by atoms with Gasteiger partial charge in [-0.05, 0) is 68.0 Å². The van der Waals surface area contributed by atoms with E-state index in [1.165, 1.54) is 18.2 Å². The highest BCUT2D eigenvalue weighted by molar-refractivity contribution is 7.80. The molecule has 2 N–H and O–H groups in total. The van der Waals surface area contributed by atoms with E-state index >= 15 is 0 Å². The topological polar surface area (TPSA) is 51.1 Å². The zero-order chi connectivity index (χ0) is 25.0. The summed E-state index contributed by atoms with van der Waals surface area (Å²) in [5.74, 6) is 1.46. The van der Waals surface area contributed by atoms with Crippen LogP contribution in [-0.2, 0) is 12.7 Å². The van der Waals surface area contributed by atoms with Crippen molar-refractivity contribution in [1.82, 2.24) is 9.78 Å². The molecule has 0 aliphatic heterocycles. The Morgan fingerprint density at radius 2 is 1.60 bits per heavy atom. The Morgan fingerprint density at radius 3 is 2.34 bits per heavy atom. The Balaban J connectivity index is 1.47. The summed E-state index contributed by atoms with van der Waals surface area (Å²) < 4.78 is 47.6. The third-order valence-electron chi connectivity index (χ3n) is 5.31. The number of hydrogen-bond acceptors (Lipinski definition) is 3. The van der Waals surface area contributed by atoms with Crippen molar-refractivity contribution in [1.29, 1.82) is 0 Å².